The van der Waals surface area contributed by atoms with Crippen molar-refractivity contribution in [1.82, 2.24) is 0 Å². The summed E-state index contributed by atoms with van der Waals surface area (Å²) in [5.41, 5.74) is 7.58. The van der Waals surface area contributed by atoms with E-state index in [-0.39, 0.29) is 23.1 Å². The van der Waals surface area contributed by atoms with E-state index in [4.69, 9.17) is 14.9 Å². The van der Waals surface area contributed by atoms with Gasteiger partial charge in [-0.05, 0) is 12.1 Å². The molecule has 8 nitrogen and oxygen atoms in total. The number of benzene rings is 1. The highest BCUT2D eigenvalue weighted by Crippen LogP contribution is 2.44. The number of rotatable bonds is 3. The molecule has 0 fully saturated rings. The molecule has 0 radical (unpaired) electrons. The predicted octanol–water partition coefficient (Wildman–Crippen LogP) is 2.47. The molecule has 1 aromatic carbocycles. The van der Waals surface area contributed by atoms with E-state index in [1.165, 1.54) is 12.1 Å². The van der Waals surface area contributed by atoms with Gasteiger partial charge in [0.25, 0.3) is 0 Å². The van der Waals surface area contributed by atoms with Crippen molar-refractivity contribution in [3.63, 3.8) is 0 Å². The summed E-state index contributed by atoms with van der Waals surface area (Å²) in [6, 6.07) is 10.2. The molecule has 24 heavy (non-hydrogen) atoms. The van der Waals surface area contributed by atoms with Gasteiger partial charge in [0, 0.05) is 31.4 Å². The number of nitrogens with two attached hydrogens (primary N) is 1. The average molecular weight is 326 g/mol. The lowest BCUT2D eigenvalue weighted by molar-refractivity contribution is -0.402. The molecule has 8 heteroatoms. The molecule has 1 aliphatic heterocycles. The Balaban J connectivity index is 2.16. The van der Waals surface area contributed by atoms with Gasteiger partial charge in [-0.15, -0.1) is 0 Å². The SMILES string of the molecule is CN(C)c1ccc2c(c1)OC(N)=C(C#N)C2c1ccc([N+](=O)[O-])o1. The van der Waals surface area contributed by atoms with E-state index < -0.39 is 10.8 Å². The largest absolute Gasteiger partial charge is 0.440 e. The fraction of sp³-hybridized carbons (Fsp3) is 0.188. The number of hydrogen-bond acceptors (Lipinski definition) is 7. The molecule has 1 aliphatic rings. The van der Waals surface area contributed by atoms with Crippen LogP contribution >= 0.6 is 0 Å². The minimum absolute atomic E-state index is 0.0371. The molecule has 1 atom stereocenters. The normalized spacial score (nSPS) is 16.1. The maximum absolute atomic E-state index is 10.9. The van der Waals surface area contributed by atoms with Crippen molar-refractivity contribution in [2.45, 2.75) is 5.92 Å². The Kier molecular flexibility index (Phi) is 3.62. The number of nitro groups is 1. The van der Waals surface area contributed by atoms with Crippen LogP contribution < -0.4 is 15.4 Å². The van der Waals surface area contributed by atoms with Crippen LogP contribution in [0.3, 0.4) is 0 Å². The number of ether oxygens (including phenoxy) is 1. The third-order valence-electron chi connectivity index (χ3n) is 3.80. The second-order valence-electron chi connectivity index (χ2n) is 5.47. The summed E-state index contributed by atoms with van der Waals surface area (Å²) in [7, 11) is 3.77. The number of nitrogens with zero attached hydrogens (tertiary/aromatic N) is 3. The summed E-state index contributed by atoms with van der Waals surface area (Å²) in [4.78, 5) is 12.1. The zero-order valence-corrected chi connectivity index (χ0v) is 13.0. The highest BCUT2D eigenvalue weighted by Gasteiger charge is 2.34. The molecule has 2 aromatic rings. The van der Waals surface area contributed by atoms with Crippen LogP contribution in [0.5, 0.6) is 5.75 Å². The topological polar surface area (TPSA) is 119 Å². The van der Waals surface area contributed by atoms with Gasteiger partial charge in [0.05, 0.1) is 12.0 Å². The zero-order valence-electron chi connectivity index (χ0n) is 13.0. The van der Waals surface area contributed by atoms with E-state index in [0.717, 1.165) is 5.69 Å². The van der Waals surface area contributed by atoms with Gasteiger partial charge in [-0.2, -0.15) is 5.26 Å². The lowest BCUT2D eigenvalue weighted by Crippen LogP contribution is -2.21. The summed E-state index contributed by atoms with van der Waals surface area (Å²) in [5.74, 6) is -0.322. The summed E-state index contributed by atoms with van der Waals surface area (Å²) in [6.07, 6.45) is 0. The fourth-order valence-corrected chi connectivity index (χ4v) is 2.61. The Morgan fingerprint density at radius 2 is 2.08 bits per heavy atom. The Bertz CT molecular complexity index is 892. The van der Waals surface area contributed by atoms with Gasteiger partial charge >= 0.3 is 5.88 Å². The van der Waals surface area contributed by atoms with Gasteiger partial charge in [0.1, 0.15) is 28.1 Å². The van der Waals surface area contributed by atoms with Gasteiger partial charge in [0.2, 0.25) is 5.88 Å². The van der Waals surface area contributed by atoms with Crippen molar-refractivity contribution < 1.29 is 14.1 Å². The van der Waals surface area contributed by atoms with E-state index in [1.54, 1.807) is 12.1 Å². The van der Waals surface area contributed by atoms with Gasteiger partial charge in [-0.3, -0.25) is 10.1 Å². The molecular weight excluding hydrogens is 312 g/mol. The van der Waals surface area contributed by atoms with Crippen molar-refractivity contribution in [1.29, 1.82) is 5.26 Å². The molecule has 0 saturated heterocycles. The lowest BCUT2D eigenvalue weighted by atomic mass is 9.87. The average Bonchev–Trinajstić information content (AvgIpc) is 3.02. The summed E-state index contributed by atoms with van der Waals surface area (Å²) >= 11 is 0. The molecule has 0 amide bonds. The number of nitriles is 1. The van der Waals surface area contributed by atoms with Crippen molar-refractivity contribution >= 4 is 11.6 Å². The number of allylic oxidation sites excluding steroid dienone is 1. The molecule has 1 aromatic heterocycles. The first-order valence-corrected chi connectivity index (χ1v) is 7.05. The first-order chi connectivity index (χ1) is 11.4. The molecule has 0 aliphatic carbocycles. The van der Waals surface area contributed by atoms with Crippen LogP contribution in [0.4, 0.5) is 11.6 Å². The fourth-order valence-electron chi connectivity index (χ4n) is 2.61. The predicted molar refractivity (Wildman–Crippen MR) is 85.4 cm³/mol. The molecule has 0 saturated carbocycles. The van der Waals surface area contributed by atoms with Crippen LogP contribution in [-0.2, 0) is 0 Å². The smallest absolute Gasteiger partial charge is 0.433 e. The summed E-state index contributed by atoms with van der Waals surface area (Å²) in [6.45, 7) is 0. The quantitative estimate of drug-likeness (QED) is 0.679. The van der Waals surface area contributed by atoms with Crippen LogP contribution in [0.15, 0.2) is 46.2 Å². The second-order valence-corrected chi connectivity index (χ2v) is 5.47. The molecule has 2 N–H and O–H groups in total. The van der Waals surface area contributed by atoms with E-state index in [0.29, 0.717) is 11.3 Å². The molecule has 0 spiro atoms. The van der Waals surface area contributed by atoms with Crippen LogP contribution in [0.2, 0.25) is 0 Å². The van der Waals surface area contributed by atoms with E-state index in [2.05, 4.69) is 0 Å². The van der Waals surface area contributed by atoms with Gasteiger partial charge < -0.3 is 19.8 Å². The lowest BCUT2D eigenvalue weighted by Gasteiger charge is -2.26. The van der Waals surface area contributed by atoms with Crippen molar-refractivity contribution in [2.24, 2.45) is 5.73 Å². The molecule has 0 bridgehead atoms. The van der Waals surface area contributed by atoms with Gasteiger partial charge in [-0.25, -0.2) is 0 Å². The molecule has 2 heterocycles. The van der Waals surface area contributed by atoms with Crippen LogP contribution in [0, 0.1) is 21.4 Å². The minimum atomic E-state index is -0.649. The Morgan fingerprint density at radius 1 is 1.33 bits per heavy atom. The third-order valence-corrected chi connectivity index (χ3v) is 3.80. The van der Waals surface area contributed by atoms with E-state index in [1.807, 2.05) is 31.1 Å². The maximum atomic E-state index is 10.9. The zero-order chi connectivity index (χ0) is 17.4. The maximum Gasteiger partial charge on any atom is 0.433 e. The number of anilines is 1. The van der Waals surface area contributed by atoms with E-state index >= 15 is 0 Å². The number of fused-ring (bicyclic) bond motifs is 1. The monoisotopic (exact) mass is 326 g/mol. The molecular formula is C16H14N4O4. The Hall–Kier alpha value is -3.47. The van der Waals surface area contributed by atoms with Gasteiger partial charge in [-0.1, -0.05) is 6.07 Å². The molecule has 3 rings (SSSR count). The molecule has 122 valence electrons. The Morgan fingerprint density at radius 3 is 2.67 bits per heavy atom. The number of furan rings is 1. The van der Waals surface area contributed by atoms with Crippen molar-refractivity contribution in [3.05, 3.63) is 63.2 Å². The first-order valence-electron chi connectivity index (χ1n) is 7.05. The van der Waals surface area contributed by atoms with Gasteiger partial charge in [0.15, 0.2) is 0 Å². The van der Waals surface area contributed by atoms with Crippen molar-refractivity contribution in [3.8, 4) is 11.8 Å². The summed E-state index contributed by atoms with van der Waals surface area (Å²) < 4.78 is 10.9. The third kappa shape index (κ3) is 2.42. The number of hydrogen-bond donors (Lipinski definition) is 1. The van der Waals surface area contributed by atoms with E-state index in [9.17, 15) is 15.4 Å². The van der Waals surface area contributed by atoms with Crippen LogP contribution in [0.25, 0.3) is 0 Å². The van der Waals surface area contributed by atoms with Crippen LogP contribution in [0.1, 0.15) is 17.2 Å². The first kappa shape index (κ1) is 15.4. The standard InChI is InChI=1S/C16H14N4O4/c1-19(2)9-3-4-10-13(7-9)24-16(18)11(8-17)15(10)12-5-6-14(23-12)20(21)22/h3-7,15H,18H2,1-2H3. The van der Waals surface area contributed by atoms with Crippen LogP contribution in [-0.4, -0.2) is 19.0 Å². The Labute approximate surface area is 137 Å². The minimum Gasteiger partial charge on any atom is -0.440 e. The van der Waals surface area contributed by atoms with Crippen molar-refractivity contribution in [2.75, 3.05) is 19.0 Å². The molecule has 1 unspecified atom stereocenters. The second kappa shape index (κ2) is 5.62. The highest BCUT2D eigenvalue weighted by atomic mass is 16.6. The highest BCUT2D eigenvalue weighted by molar-refractivity contribution is 5.60. The summed E-state index contributed by atoms with van der Waals surface area (Å²) in [5, 5.41) is 20.3.